The van der Waals surface area contributed by atoms with Gasteiger partial charge in [-0.1, -0.05) is 70.8 Å². The molecule has 0 fully saturated rings. The molecule has 5 nitrogen and oxygen atoms in total. The van der Waals surface area contributed by atoms with Crippen molar-refractivity contribution in [3.63, 3.8) is 0 Å². The molecule has 0 radical (unpaired) electrons. The monoisotopic (exact) mass is 433 g/mol. The molecule has 1 amide bonds. The molecule has 1 aromatic carbocycles. The number of hydrogen-bond acceptors (Lipinski definition) is 4. The maximum atomic E-state index is 12.0. The molecular formula is C26H43NO4. The van der Waals surface area contributed by atoms with E-state index in [-0.39, 0.29) is 11.7 Å². The van der Waals surface area contributed by atoms with E-state index in [9.17, 15) is 14.7 Å². The zero-order chi connectivity index (χ0) is 22.7. The summed E-state index contributed by atoms with van der Waals surface area (Å²) in [5, 5.41) is 12.5. The van der Waals surface area contributed by atoms with Crippen LogP contribution in [0.1, 0.15) is 109 Å². The van der Waals surface area contributed by atoms with Gasteiger partial charge in [-0.2, -0.15) is 0 Å². The van der Waals surface area contributed by atoms with Crippen molar-refractivity contribution in [2.75, 3.05) is 7.11 Å². The van der Waals surface area contributed by atoms with Gasteiger partial charge in [0.25, 0.3) is 0 Å². The molecule has 0 aliphatic heterocycles. The Morgan fingerprint density at radius 3 is 1.97 bits per heavy atom. The molecule has 0 atom stereocenters. The number of amides is 1. The van der Waals surface area contributed by atoms with Crippen LogP contribution in [0.25, 0.3) is 0 Å². The van der Waals surface area contributed by atoms with Crippen molar-refractivity contribution in [1.82, 2.24) is 5.32 Å². The molecule has 0 heterocycles. The Bertz CT molecular complexity index is 630. The summed E-state index contributed by atoms with van der Waals surface area (Å²) < 4.78 is 5.08. The molecule has 0 spiro atoms. The highest BCUT2D eigenvalue weighted by atomic mass is 16.5. The van der Waals surface area contributed by atoms with Gasteiger partial charge in [-0.05, 0) is 37.0 Å². The van der Waals surface area contributed by atoms with Crippen LogP contribution in [0, 0.1) is 0 Å². The summed E-state index contributed by atoms with van der Waals surface area (Å²) in [6.07, 6.45) is 15.8. The average Bonchev–Trinajstić information content (AvgIpc) is 2.77. The number of aromatic hydroxyl groups is 1. The first kappa shape index (κ1) is 27.0. The minimum atomic E-state index is 0.0388. The molecule has 0 aliphatic rings. The van der Waals surface area contributed by atoms with Crippen LogP contribution in [-0.4, -0.2) is 23.9 Å². The first-order chi connectivity index (χ1) is 15.1. The predicted molar refractivity (Wildman–Crippen MR) is 126 cm³/mol. The molecule has 1 aromatic rings. The lowest BCUT2D eigenvalue weighted by Gasteiger charge is -2.08. The van der Waals surface area contributed by atoms with E-state index in [0.717, 1.165) is 50.5 Å². The van der Waals surface area contributed by atoms with Crippen molar-refractivity contribution in [1.29, 1.82) is 0 Å². The fourth-order valence-electron chi connectivity index (χ4n) is 3.66. The number of benzene rings is 1. The number of ether oxygens (including phenoxy) is 1. The second-order valence-corrected chi connectivity index (χ2v) is 8.46. The molecule has 0 saturated heterocycles. The molecule has 2 N–H and O–H groups in total. The van der Waals surface area contributed by atoms with Crippen LogP contribution >= 0.6 is 0 Å². The Kier molecular flexibility index (Phi) is 15.3. The Hall–Kier alpha value is -2.04. The van der Waals surface area contributed by atoms with Gasteiger partial charge in [0.15, 0.2) is 11.5 Å². The summed E-state index contributed by atoms with van der Waals surface area (Å²) in [6, 6.07) is 5.07. The topological polar surface area (TPSA) is 75.6 Å². The zero-order valence-electron chi connectivity index (χ0n) is 19.7. The average molecular weight is 434 g/mol. The van der Waals surface area contributed by atoms with Gasteiger partial charge in [0.05, 0.1) is 7.11 Å². The summed E-state index contributed by atoms with van der Waals surface area (Å²) in [6.45, 7) is 2.66. The zero-order valence-corrected chi connectivity index (χ0v) is 19.7. The molecule has 0 saturated carbocycles. The highest BCUT2D eigenvalue weighted by Crippen LogP contribution is 2.26. The Balaban J connectivity index is 1.95. The van der Waals surface area contributed by atoms with Gasteiger partial charge in [0.1, 0.15) is 5.78 Å². The van der Waals surface area contributed by atoms with Crippen LogP contribution in [0.5, 0.6) is 11.5 Å². The number of unbranched alkanes of at least 4 members (excludes halogenated alkanes) is 10. The second kappa shape index (κ2) is 17.6. The van der Waals surface area contributed by atoms with Gasteiger partial charge < -0.3 is 15.2 Å². The lowest BCUT2D eigenvalue weighted by Crippen LogP contribution is -2.22. The van der Waals surface area contributed by atoms with E-state index in [1.165, 1.54) is 45.6 Å². The van der Waals surface area contributed by atoms with E-state index < -0.39 is 0 Å². The number of hydrogen-bond donors (Lipinski definition) is 2. The minimum Gasteiger partial charge on any atom is -0.504 e. The third kappa shape index (κ3) is 13.8. The van der Waals surface area contributed by atoms with Crippen LogP contribution in [0.4, 0.5) is 0 Å². The van der Waals surface area contributed by atoms with Gasteiger partial charge >= 0.3 is 0 Å². The minimum absolute atomic E-state index is 0.0388. The molecule has 0 aliphatic carbocycles. The Morgan fingerprint density at radius 1 is 0.839 bits per heavy atom. The molecule has 0 unspecified atom stereocenters. The highest BCUT2D eigenvalue weighted by molar-refractivity contribution is 5.78. The van der Waals surface area contributed by atoms with Gasteiger partial charge in [-0.25, -0.2) is 0 Å². The SMILES string of the molecule is CCCCCCCCCC(=O)CCCCCCCC(=O)NCc1ccc(O)c(OC)c1. The number of phenols is 1. The largest absolute Gasteiger partial charge is 0.504 e. The molecule has 31 heavy (non-hydrogen) atoms. The number of carbonyl (C=O) groups excluding carboxylic acids is 2. The third-order valence-electron chi connectivity index (χ3n) is 5.65. The number of ketones is 1. The second-order valence-electron chi connectivity index (χ2n) is 8.46. The van der Waals surface area contributed by atoms with Gasteiger partial charge in [-0.3, -0.25) is 9.59 Å². The van der Waals surface area contributed by atoms with Crippen LogP contribution < -0.4 is 10.1 Å². The number of methoxy groups -OCH3 is 1. The molecular weight excluding hydrogens is 390 g/mol. The Labute approximate surface area is 189 Å². The summed E-state index contributed by atoms with van der Waals surface area (Å²) in [5.74, 6) is 0.959. The normalized spacial score (nSPS) is 10.8. The van der Waals surface area contributed by atoms with Crippen molar-refractivity contribution in [3.05, 3.63) is 23.8 Å². The van der Waals surface area contributed by atoms with E-state index in [1.54, 1.807) is 18.2 Å². The smallest absolute Gasteiger partial charge is 0.220 e. The maximum absolute atomic E-state index is 12.0. The quantitative estimate of drug-likeness (QED) is 0.246. The van der Waals surface area contributed by atoms with E-state index in [1.807, 2.05) is 0 Å². The predicted octanol–water partition coefficient (Wildman–Crippen LogP) is 6.46. The van der Waals surface area contributed by atoms with Gasteiger partial charge in [0.2, 0.25) is 5.91 Å². The molecule has 0 aromatic heterocycles. The number of Topliss-reactive ketones (excluding diaryl/α,β-unsaturated/α-hetero) is 1. The highest BCUT2D eigenvalue weighted by Gasteiger charge is 2.06. The summed E-state index contributed by atoms with van der Waals surface area (Å²) in [4.78, 5) is 23.9. The first-order valence-corrected chi connectivity index (χ1v) is 12.2. The van der Waals surface area contributed by atoms with Gasteiger partial charge in [0, 0.05) is 25.8 Å². The fourth-order valence-corrected chi connectivity index (χ4v) is 3.66. The summed E-state index contributed by atoms with van der Waals surface area (Å²) >= 11 is 0. The number of phenolic OH excluding ortho intramolecular Hbond substituents is 1. The van der Waals surface area contributed by atoms with Crippen molar-refractivity contribution in [2.24, 2.45) is 0 Å². The standard InChI is InChI=1S/C26H43NO4/c1-3-4-5-6-7-9-12-15-23(28)16-13-10-8-11-14-17-26(30)27-21-22-18-19-24(29)25(20-22)31-2/h18-20,29H,3-17,21H2,1-2H3,(H,27,30). The summed E-state index contributed by atoms with van der Waals surface area (Å²) in [7, 11) is 1.50. The first-order valence-electron chi connectivity index (χ1n) is 12.2. The van der Waals surface area contributed by atoms with Crippen LogP contribution in [0.3, 0.4) is 0 Å². The van der Waals surface area contributed by atoms with E-state index >= 15 is 0 Å². The van der Waals surface area contributed by atoms with Crippen LogP contribution in [0.2, 0.25) is 0 Å². The van der Waals surface area contributed by atoms with Crippen molar-refractivity contribution in [3.8, 4) is 11.5 Å². The van der Waals surface area contributed by atoms with Crippen molar-refractivity contribution < 1.29 is 19.4 Å². The molecule has 176 valence electrons. The van der Waals surface area contributed by atoms with Crippen molar-refractivity contribution >= 4 is 11.7 Å². The van der Waals surface area contributed by atoms with E-state index in [4.69, 9.17) is 4.74 Å². The van der Waals surface area contributed by atoms with E-state index in [2.05, 4.69) is 12.2 Å². The molecule has 5 heteroatoms. The lowest BCUT2D eigenvalue weighted by atomic mass is 10.0. The van der Waals surface area contributed by atoms with Crippen LogP contribution in [0.15, 0.2) is 18.2 Å². The number of nitrogens with one attached hydrogen (secondary N) is 1. The van der Waals surface area contributed by atoms with Crippen LogP contribution in [-0.2, 0) is 16.1 Å². The molecule has 0 bridgehead atoms. The van der Waals surface area contributed by atoms with Crippen molar-refractivity contribution in [2.45, 2.75) is 110 Å². The fraction of sp³-hybridized carbons (Fsp3) is 0.692. The number of rotatable bonds is 19. The third-order valence-corrected chi connectivity index (χ3v) is 5.65. The summed E-state index contributed by atoms with van der Waals surface area (Å²) in [5.41, 5.74) is 0.893. The molecule has 1 rings (SSSR count). The number of carbonyl (C=O) groups is 2. The van der Waals surface area contributed by atoms with E-state index in [0.29, 0.717) is 30.9 Å². The maximum Gasteiger partial charge on any atom is 0.220 e. The van der Waals surface area contributed by atoms with Gasteiger partial charge in [-0.15, -0.1) is 0 Å². The lowest BCUT2D eigenvalue weighted by molar-refractivity contribution is -0.121. The Morgan fingerprint density at radius 2 is 1.39 bits per heavy atom.